The molecule has 1 aliphatic carbocycles. The Bertz CT molecular complexity index is 1270. The van der Waals surface area contributed by atoms with Gasteiger partial charge in [0.05, 0.1) is 25.3 Å². The lowest BCUT2D eigenvalue weighted by molar-refractivity contribution is 0.0603. The molecule has 0 unspecified atom stereocenters. The van der Waals surface area contributed by atoms with E-state index in [0.717, 1.165) is 48.8 Å². The zero-order valence-electron chi connectivity index (χ0n) is 21.2. The Hall–Kier alpha value is -3.36. The van der Waals surface area contributed by atoms with E-state index in [2.05, 4.69) is 10.3 Å². The monoisotopic (exact) mass is 509 g/mol. The fourth-order valence-electron chi connectivity index (χ4n) is 5.07. The first-order valence-corrected chi connectivity index (χ1v) is 12.5. The minimum absolute atomic E-state index is 0.0739. The van der Waals surface area contributed by atoms with Crippen LogP contribution >= 0.6 is 0 Å². The van der Waals surface area contributed by atoms with Crippen molar-refractivity contribution in [3.63, 3.8) is 0 Å². The van der Waals surface area contributed by atoms with Crippen LogP contribution in [0.25, 0.3) is 17.0 Å². The van der Waals surface area contributed by atoms with Crippen molar-refractivity contribution < 1.29 is 23.0 Å². The van der Waals surface area contributed by atoms with Crippen LogP contribution in [0.5, 0.6) is 5.88 Å². The maximum Gasteiger partial charge on any atom is 0.338 e. The second kappa shape index (κ2) is 12.3. The number of pyridine rings is 1. The van der Waals surface area contributed by atoms with Crippen LogP contribution in [-0.4, -0.2) is 43.8 Å². The molecule has 0 radical (unpaired) electrons. The number of halogens is 2. The number of ether oxygens (including phenoxy) is 2. The van der Waals surface area contributed by atoms with Crippen LogP contribution < -0.4 is 15.8 Å². The number of carbonyl (C=O) groups excluding carboxylic acids is 1. The number of methoxy groups -OCH3 is 2. The number of fused-ring (bicyclic) bond motifs is 1. The Morgan fingerprint density at radius 2 is 1.95 bits per heavy atom. The van der Waals surface area contributed by atoms with Crippen LogP contribution in [0.4, 0.5) is 8.78 Å². The second-order valence-corrected chi connectivity index (χ2v) is 9.48. The highest BCUT2D eigenvalue weighted by Gasteiger charge is 2.26. The van der Waals surface area contributed by atoms with Gasteiger partial charge < -0.3 is 20.5 Å². The van der Waals surface area contributed by atoms with Gasteiger partial charge in [-0.1, -0.05) is 18.2 Å². The number of aromatic nitrogens is 1. The molecule has 196 valence electrons. The van der Waals surface area contributed by atoms with Crippen molar-refractivity contribution in [2.45, 2.75) is 44.2 Å². The minimum atomic E-state index is -0.454. The number of esters is 1. The quantitative estimate of drug-likeness (QED) is 0.393. The van der Waals surface area contributed by atoms with E-state index in [1.54, 1.807) is 25.3 Å². The average molecular weight is 510 g/mol. The molecule has 8 heteroatoms. The second-order valence-electron chi connectivity index (χ2n) is 9.48. The maximum absolute atomic E-state index is 13.7. The van der Waals surface area contributed by atoms with Crippen molar-refractivity contribution in [2.24, 2.45) is 11.7 Å². The number of carbonyl (C=O) groups is 1. The Labute approximate surface area is 215 Å². The number of hydrogen-bond donors (Lipinski definition) is 2. The van der Waals surface area contributed by atoms with E-state index in [-0.39, 0.29) is 11.6 Å². The summed E-state index contributed by atoms with van der Waals surface area (Å²) in [7, 11) is 2.95. The lowest BCUT2D eigenvalue weighted by atomic mass is 9.80. The van der Waals surface area contributed by atoms with E-state index in [1.165, 1.54) is 13.2 Å². The fraction of sp³-hybridized carbons (Fsp3) is 0.379. The molecule has 0 amide bonds. The van der Waals surface area contributed by atoms with Gasteiger partial charge in [0.25, 0.3) is 0 Å². The van der Waals surface area contributed by atoms with Gasteiger partial charge in [-0.3, -0.25) is 0 Å². The number of nitrogens with zero attached hydrogens (tertiary/aromatic N) is 1. The molecule has 0 saturated heterocycles. The summed E-state index contributed by atoms with van der Waals surface area (Å²) < 4.78 is 37.5. The predicted octanol–water partition coefficient (Wildman–Crippen LogP) is 5.04. The standard InChI is InChI=1S/C29H33F2N3O3/c1-36-28-20(16-24-23(29(35)37-2)6-3-7-27(24)34-28)17-26(32)18-8-11-22(12-9-18)33-14-4-5-19-15-21(30)10-13-25(19)31/h3-7,10,13,15-16,18,22,26,33H,8-9,11-12,14,17,32H2,1-2H3/b5-4+/t18?,22?,26-/m0/s1. The summed E-state index contributed by atoms with van der Waals surface area (Å²) in [5.41, 5.74) is 8.90. The third kappa shape index (κ3) is 6.50. The van der Waals surface area contributed by atoms with E-state index >= 15 is 0 Å². The molecular weight excluding hydrogens is 476 g/mol. The van der Waals surface area contributed by atoms with Crippen LogP contribution in [0, 0.1) is 17.6 Å². The van der Waals surface area contributed by atoms with Crippen LogP contribution in [-0.2, 0) is 11.2 Å². The number of benzene rings is 2. The van der Waals surface area contributed by atoms with Gasteiger partial charge in [0.15, 0.2) is 0 Å². The molecular formula is C29H33F2N3O3. The molecule has 37 heavy (non-hydrogen) atoms. The van der Waals surface area contributed by atoms with E-state index in [9.17, 15) is 13.6 Å². The Morgan fingerprint density at radius 3 is 2.68 bits per heavy atom. The number of rotatable bonds is 9. The number of hydrogen-bond acceptors (Lipinski definition) is 6. The molecule has 1 saturated carbocycles. The topological polar surface area (TPSA) is 86.5 Å². The molecule has 1 fully saturated rings. The van der Waals surface area contributed by atoms with Crippen molar-refractivity contribution in [3.05, 3.63) is 76.9 Å². The third-order valence-electron chi connectivity index (χ3n) is 7.11. The van der Waals surface area contributed by atoms with Gasteiger partial charge in [-0.15, -0.1) is 0 Å². The largest absolute Gasteiger partial charge is 0.481 e. The molecule has 0 aliphatic heterocycles. The third-order valence-corrected chi connectivity index (χ3v) is 7.11. The molecule has 1 aliphatic rings. The highest BCUT2D eigenvalue weighted by atomic mass is 19.1. The molecule has 3 N–H and O–H groups in total. The smallest absolute Gasteiger partial charge is 0.338 e. The summed E-state index contributed by atoms with van der Waals surface area (Å²) in [4.78, 5) is 16.8. The number of nitrogens with two attached hydrogens (primary N) is 1. The van der Waals surface area contributed by atoms with E-state index in [0.29, 0.717) is 41.9 Å². The fourth-order valence-corrected chi connectivity index (χ4v) is 5.07. The Balaban J connectivity index is 1.34. The first kappa shape index (κ1) is 26.7. The van der Waals surface area contributed by atoms with Gasteiger partial charge in [0, 0.05) is 35.1 Å². The van der Waals surface area contributed by atoms with Gasteiger partial charge >= 0.3 is 5.97 Å². The highest BCUT2D eigenvalue weighted by Crippen LogP contribution is 2.31. The van der Waals surface area contributed by atoms with Crippen molar-refractivity contribution >= 4 is 22.9 Å². The lowest BCUT2D eigenvalue weighted by Gasteiger charge is -2.32. The average Bonchev–Trinajstić information content (AvgIpc) is 2.92. The van der Waals surface area contributed by atoms with E-state index in [1.807, 2.05) is 18.2 Å². The summed E-state index contributed by atoms with van der Waals surface area (Å²) in [6, 6.07) is 11.0. The SMILES string of the molecule is COC(=O)c1cccc2nc(OC)c(C[C@H](N)C3CCC(NC/C=C/c4cc(F)ccc4F)CC3)cc12. The summed E-state index contributed by atoms with van der Waals surface area (Å²) >= 11 is 0. The minimum Gasteiger partial charge on any atom is -0.481 e. The van der Waals surface area contributed by atoms with E-state index in [4.69, 9.17) is 15.2 Å². The van der Waals surface area contributed by atoms with Crippen LogP contribution in [0.1, 0.15) is 47.2 Å². The summed E-state index contributed by atoms with van der Waals surface area (Å²) in [5.74, 6) is -0.431. The van der Waals surface area contributed by atoms with Crippen molar-refractivity contribution in [3.8, 4) is 5.88 Å². The normalized spacial score (nSPS) is 18.7. The molecule has 2 aromatic carbocycles. The zero-order chi connectivity index (χ0) is 26.4. The van der Waals surface area contributed by atoms with Gasteiger partial charge in [-0.25, -0.2) is 18.6 Å². The first-order valence-electron chi connectivity index (χ1n) is 12.5. The van der Waals surface area contributed by atoms with Gasteiger partial charge in [0.2, 0.25) is 5.88 Å². The van der Waals surface area contributed by atoms with Crippen LogP contribution in [0.15, 0.2) is 48.5 Å². The van der Waals surface area contributed by atoms with Crippen molar-refractivity contribution in [2.75, 3.05) is 20.8 Å². The molecule has 3 aromatic rings. The highest BCUT2D eigenvalue weighted by molar-refractivity contribution is 6.03. The van der Waals surface area contributed by atoms with E-state index < -0.39 is 17.6 Å². The molecule has 0 bridgehead atoms. The first-order chi connectivity index (χ1) is 17.9. The van der Waals surface area contributed by atoms with Crippen molar-refractivity contribution in [1.82, 2.24) is 10.3 Å². The summed E-state index contributed by atoms with van der Waals surface area (Å²) in [6.45, 7) is 0.583. The van der Waals surface area contributed by atoms with Gasteiger partial charge in [-0.2, -0.15) is 0 Å². The summed E-state index contributed by atoms with van der Waals surface area (Å²) in [6.07, 6.45) is 7.95. The number of nitrogens with one attached hydrogen (secondary N) is 1. The molecule has 1 heterocycles. The molecule has 6 nitrogen and oxygen atoms in total. The Morgan fingerprint density at radius 1 is 1.16 bits per heavy atom. The van der Waals surface area contributed by atoms with Crippen molar-refractivity contribution in [1.29, 1.82) is 0 Å². The summed E-state index contributed by atoms with van der Waals surface area (Å²) in [5, 5.41) is 4.20. The zero-order valence-corrected chi connectivity index (χ0v) is 21.2. The maximum atomic E-state index is 13.7. The molecule has 0 spiro atoms. The Kier molecular flexibility index (Phi) is 8.84. The molecule has 4 rings (SSSR count). The van der Waals surface area contributed by atoms with Crippen LogP contribution in [0.3, 0.4) is 0 Å². The van der Waals surface area contributed by atoms with Crippen LogP contribution in [0.2, 0.25) is 0 Å². The predicted molar refractivity (Wildman–Crippen MR) is 140 cm³/mol. The lowest BCUT2D eigenvalue weighted by Crippen LogP contribution is -2.39. The van der Waals surface area contributed by atoms with Gasteiger partial charge in [0.1, 0.15) is 11.6 Å². The van der Waals surface area contributed by atoms with Gasteiger partial charge in [-0.05, 0) is 74.4 Å². The molecule has 1 aromatic heterocycles. The molecule has 1 atom stereocenters.